The van der Waals surface area contributed by atoms with Crippen molar-refractivity contribution in [1.82, 2.24) is 0 Å². The summed E-state index contributed by atoms with van der Waals surface area (Å²) in [4.78, 5) is 14.3. The van der Waals surface area contributed by atoms with Gasteiger partial charge in [-0.1, -0.05) is 18.5 Å². The molecule has 2 aromatic carbocycles. The third-order valence-electron chi connectivity index (χ3n) is 4.12. The normalized spacial score (nSPS) is 16.9. The average Bonchev–Trinajstić information content (AvgIpc) is 3.01. The highest BCUT2D eigenvalue weighted by molar-refractivity contribution is 6.30. The molecule has 0 saturated carbocycles. The van der Waals surface area contributed by atoms with Crippen molar-refractivity contribution >= 4 is 28.9 Å². The van der Waals surface area contributed by atoms with Gasteiger partial charge in [0, 0.05) is 29.5 Å². The summed E-state index contributed by atoms with van der Waals surface area (Å²) in [5.41, 5.74) is 1.98. The molecule has 1 aliphatic heterocycles. The molecule has 1 heterocycles. The molecule has 1 N–H and O–H groups in total. The van der Waals surface area contributed by atoms with Gasteiger partial charge in [0.25, 0.3) is 5.91 Å². The third-order valence-corrected chi connectivity index (χ3v) is 4.38. The van der Waals surface area contributed by atoms with Crippen LogP contribution in [0.1, 0.15) is 13.3 Å². The minimum atomic E-state index is -0.188. The molecule has 0 aromatic heterocycles. The number of anilines is 2. The number of hydrogen-bond acceptors (Lipinski definition) is 3. The van der Waals surface area contributed by atoms with E-state index in [0.717, 1.165) is 24.7 Å². The number of nitrogens with zero attached hydrogens (tertiary/aromatic N) is 1. The maximum atomic E-state index is 12.0. The Labute approximate surface area is 147 Å². The summed E-state index contributed by atoms with van der Waals surface area (Å²) in [5.74, 6) is 1.18. The van der Waals surface area contributed by atoms with Crippen LogP contribution in [-0.2, 0) is 4.79 Å². The van der Waals surface area contributed by atoms with Crippen LogP contribution in [0.15, 0.2) is 48.5 Å². The molecule has 0 aliphatic carbocycles. The first-order valence-corrected chi connectivity index (χ1v) is 8.51. The highest BCUT2D eigenvalue weighted by Crippen LogP contribution is 2.24. The number of amides is 1. The number of ether oxygens (including phenoxy) is 1. The van der Waals surface area contributed by atoms with Gasteiger partial charge in [-0.05, 0) is 60.9 Å². The van der Waals surface area contributed by atoms with Gasteiger partial charge >= 0.3 is 0 Å². The Bertz CT molecular complexity index is 686. The van der Waals surface area contributed by atoms with Crippen molar-refractivity contribution in [3.63, 3.8) is 0 Å². The Hall–Kier alpha value is -2.20. The molecule has 3 rings (SSSR count). The number of hydrogen-bond donors (Lipinski definition) is 1. The lowest BCUT2D eigenvalue weighted by Gasteiger charge is -2.18. The first kappa shape index (κ1) is 16.7. The smallest absolute Gasteiger partial charge is 0.262 e. The zero-order valence-electron chi connectivity index (χ0n) is 13.7. The summed E-state index contributed by atoms with van der Waals surface area (Å²) in [6.07, 6.45) is 1.24. The lowest BCUT2D eigenvalue weighted by atomic mass is 10.2. The van der Waals surface area contributed by atoms with Gasteiger partial charge < -0.3 is 15.0 Å². The summed E-state index contributed by atoms with van der Waals surface area (Å²) in [7, 11) is 0. The van der Waals surface area contributed by atoms with Crippen LogP contribution in [0.4, 0.5) is 11.4 Å². The summed E-state index contributed by atoms with van der Waals surface area (Å²) in [5, 5.41) is 3.48. The number of carbonyl (C=O) groups is 1. The first-order valence-electron chi connectivity index (χ1n) is 8.13. The maximum Gasteiger partial charge on any atom is 0.262 e. The molecule has 1 saturated heterocycles. The lowest BCUT2D eigenvalue weighted by molar-refractivity contribution is -0.118. The van der Waals surface area contributed by atoms with Gasteiger partial charge in [-0.3, -0.25) is 4.79 Å². The Kier molecular flexibility index (Phi) is 5.26. The predicted octanol–water partition coefficient (Wildman–Crippen LogP) is 4.20. The van der Waals surface area contributed by atoms with Crippen LogP contribution in [0, 0.1) is 5.92 Å². The van der Waals surface area contributed by atoms with Crippen molar-refractivity contribution < 1.29 is 9.53 Å². The van der Waals surface area contributed by atoms with Gasteiger partial charge in [-0.15, -0.1) is 0 Å². The Morgan fingerprint density at radius 2 is 1.92 bits per heavy atom. The van der Waals surface area contributed by atoms with Crippen molar-refractivity contribution in [2.75, 3.05) is 29.9 Å². The van der Waals surface area contributed by atoms with E-state index in [2.05, 4.69) is 17.1 Å². The molecule has 0 radical (unpaired) electrons. The van der Waals surface area contributed by atoms with Crippen LogP contribution in [0.25, 0.3) is 0 Å². The molecule has 1 unspecified atom stereocenters. The Morgan fingerprint density at radius 1 is 1.21 bits per heavy atom. The standard InChI is InChI=1S/C19H21ClN2O2/c1-14-10-11-22(12-14)17-6-4-16(5-7-17)21-19(23)13-24-18-8-2-15(20)3-9-18/h2-9,14H,10-13H2,1H3,(H,21,23). The SMILES string of the molecule is CC1CCN(c2ccc(NC(=O)COc3ccc(Cl)cc3)cc2)C1. The summed E-state index contributed by atoms with van der Waals surface area (Å²) >= 11 is 5.81. The summed E-state index contributed by atoms with van der Waals surface area (Å²) in [6.45, 7) is 4.44. The van der Waals surface area contributed by atoms with Crippen LogP contribution < -0.4 is 15.0 Å². The summed E-state index contributed by atoms with van der Waals surface area (Å²) in [6, 6.07) is 14.9. The third kappa shape index (κ3) is 4.42. The molecule has 0 spiro atoms. The van der Waals surface area contributed by atoms with Crippen LogP contribution in [0.5, 0.6) is 5.75 Å². The molecule has 4 nitrogen and oxygen atoms in total. The number of nitrogens with one attached hydrogen (secondary N) is 1. The molecule has 1 aliphatic rings. The predicted molar refractivity (Wildman–Crippen MR) is 98.0 cm³/mol. The number of rotatable bonds is 5. The van der Waals surface area contributed by atoms with E-state index in [9.17, 15) is 4.79 Å². The minimum Gasteiger partial charge on any atom is -0.484 e. The van der Waals surface area contributed by atoms with E-state index in [1.54, 1.807) is 24.3 Å². The second-order valence-corrected chi connectivity index (χ2v) is 6.61. The largest absolute Gasteiger partial charge is 0.484 e. The Morgan fingerprint density at radius 3 is 2.54 bits per heavy atom. The van der Waals surface area contributed by atoms with Gasteiger partial charge in [0.05, 0.1) is 0 Å². The van der Waals surface area contributed by atoms with Crippen LogP contribution in [-0.4, -0.2) is 25.6 Å². The Balaban J connectivity index is 1.50. The van der Waals surface area contributed by atoms with Crippen molar-refractivity contribution in [1.29, 1.82) is 0 Å². The quantitative estimate of drug-likeness (QED) is 0.883. The second-order valence-electron chi connectivity index (χ2n) is 6.18. The molecule has 24 heavy (non-hydrogen) atoms. The lowest BCUT2D eigenvalue weighted by Crippen LogP contribution is -2.21. The van der Waals surface area contributed by atoms with E-state index in [0.29, 0.717) is 10.8 Å². The zero-order chi connectivity index (χ0) is 16.9. The van der Waals surface area contributed by atoms with Crippen molar-refractivity contribution in [3.05, 3.63) is 53.6 Å². The van der Waals surface area contributed by atoms with E-state index in [1.165, 1.54) is 12.1 Å². The van der Waals surface area contributed by atoms with E-state index < -0.39 is 0 Å². The fourth-order valence-corrected chi connectivity index (χ4v) is 2.93. The topological polar surface area (TPSA) is 41.6 Å². The van der Waals surface area contributed by atoms with Crippen molar-refractivity contribution in [2.24, 2.45) is 5.92 Å². The zero-order valence-corrected chi connectivity index (χ0v) is 14.4. The number of carbonyl (C=O) groups excluding carboxylic acids is 1. The van der Waals surface area contributed by atoms with E-state index in [4.69, 9.17) is 16.3 Å². The monoisotopic (exact) mass is 344 g/mol. The summed E-state index contributed by atoms with van der Waals surface area (Å²) < 4.78 is 5.43. The molecule has 1 amide bonds. The average molecular weight is 345 g/mol. The maximum absolute atomic E-state index is 12.0. The molecule has 1 atom stereocenters. The van der Waals surface area contributed by atoms with Crippen molar-refractivity contribution in [3.8, 4) is 5.75 Å². The van der Waals surface area contributed by atoms with Crippen LogP contribution in [0.2, 0.25) is 5.02 Å². The van der Waals surface area contributed by atoms with Gasteiger partial charge in [0.1, 0.15) is 5.75 Å². The highest BCUT2D eigenvalue weighted by Gasteiger charge is 2.18. The van der Waals surface area contributed by atoms with E-state index in [-0.39, 0.29) is 12.5 Å². The number of benzene rings is 2. The van der Waals surface area contributed by atoms with Crippen LogP contribution in [0.3, 0.4) is 0 Å². The minimum absolute atomic E-state index is 0.0347. The van der Waals surface area contributed by atoms with Gasteiger partial charge in [-0.2, -0.15) is 0 Å². The molecule has 0 bridgehead atoms. The molecule has 1 fully saturated rings. The molecule has 5 heteroatoms. The van der Waals surface area contributed by atoms with Gasteiger partial charge in [0.2, 0.25) is 0 Å². The van der Waals surface area contributed by atoms with Crippen LogP contribution >= 0.6 is 11.6 Å². The fourth-order valence-electron chi connectivity index (χ4n) is 2.80. The van der Waals surface area contributed by atoms with Gasteiger partial charge in [0.15, 0.2) is 6.61 Å². The molecule has 126 valence electrons. The fraction of sp³-hybridized carbons (Fsp3) is 0.316. The molecule has 2 aromatic rings. The molecular weight excluding hydrogens is 324 g/mol. The highest BCUT2D eigenvalue weighted by atomic mass is 35.5. The molecular formula is C19H21ClN2O2. The first-order chi connectivity index (χ1) is 11.6. The van der Waals surface area contributed by atoms with E-state index in [1.807, 2.05) is 24.3 Å². The van der Waals surface area contributed by atoms with Crippen molar-refractivity contribution in [2.45, 2.75) is 13.3 Å². The number of halogens is 1. The second kappa shape index (κ2) is 7.58. The van der Waals surface area contributed by atoms with E-state index >= 15 is 0 Å². The van der Waals surface area contributed by atoms with Gasteiger partial charge in [-0.25, -0.2) is 0 Å².